The molecule has 1 fully saturated rings. The number of carbonyl (C=O) groups is 1. The zero-order valence-corrected chi connectivity index (χ0v) is 18.3. The number of ether oxygens (including phenoxy) is 3. The van der Waals surface area contributed by atoms with E-state index < -0.39 is 63.5 Å². The predicted molar refractivity (Wildman–Crippen MR) is 102 cm³/mol. The number of phosphoric acid groups is 1. The first-order valence-electron chi connectivity index (χ1n) is 8.59. The Morgan fingerprint density at radius 3 is 2.66 bits per heavy atom. The van der Waals surface area contributed by atoms with Crippen molar-refractivity contribution in [3.63, 3.8) is 0 Å². The average molecular weight is 499 g/mol. The second-order valence-electron chi connectivity index (χ2n) is 6.46. The van der Waals surface area contributed by atoms with Crippen LogP contribution in [0.1, 0.15) is 18.2 Å². The van der Waals surface area contributed by atoms with Gasteiger partial charge in [0.15, 0.2) is 0 Å². The van der Waals surface area contributed by atoms with Crippen molar-refractivity contribution in [3.05, 3.63) is 43.0 Å². The van der Waals surface area contributed by atoms with E-state index >= 15 is 0 Å². The van der Waals surface area contributed by atoms with Gasteiger partial charge in [0.1, 0.15) is 6.23 Å². The lowest BCUT2D eigenvalue weighted by Crippen LogP contribution is -2.34. The first-order chi connectivity index (χ1) is 14.8. The molecule has 0 bridgehead atoms. The summed E-state index contributed by atoms with van der Waals surface area (Å²) in [5, 5.41) is 3.50. The van der Waals surface area contributed by atoms with Crippen LogP contribution in [0.5, 0.6) is 0 Å². The summed E-state index contributed by atoms with van der Waals surface area (Å²) in [4.78, 5) is 67.6. The summed E-state index contributed by atoms with van der Waals surface area (Å²) in [7, 11) is -10.1. The van der Waals surface area contributed by atoms with Gasteiger partial charge in [-0.3, -0.25) is 18.9 Å². The zero-order valence-electron chi connectivity index (χ0n) is 16.5. The fourth-order valence-electron chi connectivity index (χ4n) is 2.80. The molecule has 4 N–H and O–H groups in total. The zero-order chi connectivity index (χ0) is 24.3. The van der Waals surface area contributed by atoms with E-state index in [1.165, 1.54) is 13.1 Å². The number of esters is 1. The Morgan fingerprint density at radius 1 is 1.44 bits per heavy atom. The third-order valence-corrected chi connectivity index (χ3v) is 6.94. The number of azide groups is 1. The molecule has 0 aromatic carbocycles. The first-order valence-corrected chi connectivity index (χ1v) is 11.8. The van der Waals surface area contributed by atoms with Gasteiger partial charge in [-0.25, -0.2) is 18.5 Å². The number of aromatic amines is 1. The van der Waals surface area contributed by atoms with Crippen LogP contribution in [0, 0.1) is 6.92 Å². The number of nitrogens with zero attached hydrogens (tertiary/aromatic N) is 4. The summed E-state index contributed by atoms with van der Waals surface area (Å²) in [6, 6.07) is -0.983. The van der Waals surface area contributed by atoms with Crippen molar-refractivity contribution >= 4 is 21.4 Å². The van der Waals surface area contributed by atoms with Gasteiger partial charge in [0, 0.05) is 23.1 Å². The normalized spacial score (nSPS) is 23.7. The Morgan fingerprint density at radius 2 is 2.09 bits per heavy atom. The SMILES string of the molecule is COC(=O)C(OCC1OC(n2cc(C)c(=O)[nH]c2=O)CC1N=[N+]=[N-])P(=O)(O)OP(=O)(O)O. The van der Waals surface area contributed by atoms with Gasteiger partial charge in [0.2, 0.25) is 0 Å². The van der Waals surface area contributed by atoms with E-state index in [9.17, 15) is 28.4 Å². The van der Waals surface area contributed by atoms with Gasteiger partial charge >= 0.3 is 27.1 Å². The minimum absolute atomic E-state index is 0.0673. The molecule has 1 aliphatic heterocycles. The molecule has 1 aromatic rings. The average Bonchev–Trinajstić information content (AvgIpc) is 3.05. The highest BCUT2D eigenvalue weighted by molar-refractivity contribution is 7.64. The minimum Gasteiger partial charge on any atom is -0.467 e. The maximum atomic E-state index is 12.2. The van der Waals surface area contributed by atoms with E-state index in [1.807, 2.05) is 0 Å². The summed E-state index contributed by atoms with van der Waals surface area (Å²) < 4.78 is 42.8. The van der Waals surface area contributed by atoms with Crippen LogP contribution in [0.4, 0.5) is 0 Å². The molecule has 1 saturated heterocycles. The van der Waals surface area contributed by atoms with Gasteiger partial charge < -0.3 is 28.9 Å². The summed E-state index contributed by atoms with van der Waals surface area (Å²) in [6.07, 6.45) is -1.06. The molecule has 32 heavy (non-hydrogen) atoms. The van der Waals surface area contributed by atoms with E-state index in [-0.39, 0.29) is 12.0 Å². The third-order valence-electron chi connectivity index (χ3n) is 4.20. The topological polar surface area (TPSA) is 252 Å². The minimum atomic E-state index is -5.49. The van der Waals surface area contributed by atoms with Gasteiger partial charge in [0.25, 0.3) is 11.4 Å². The van der Waals surface area contributed by atoms with Crippen molar-refractivity contribution in [2.75, 3.05) is 13.7 Å². The number of H-pyrrole nitrogens is 1. The Bertz CT molecular complexity index is 1120. The molecule has 0 spiro atoms. The molecule has 0 aliphatic carbocycles. The largest absolute Gasteiger partial charge is 0.476 e. The van der Waals surface area contributed by atoms with Crippen molar-refractivity contribution in [1.82, 2.24) is 9.55 Å². The van der Waals surface area contributed by atoms with Crippen LogP contribution in [0.15, 0.2) is 20.9 Å². The summed E-state index contributed by atoms with van der Waals surface area (Å²) in [6.45, 7) is 0.738. The van der Waals surface area contributed by atoms with Gasteiger partial charge in [-0.05, 0) is 12.5 Å². The van der Waals surface area contributed by atoms with E-state index in [4.69, 9.17) is 24.8 Å². The van der Waals surface area contributed by atoms with E-state index in [1.54, 1.807) is 0 Å². The molecule has 0 saturated carbocycles. The quantitative estimate of drug-likeness (QED) is 0.112. The van der Waals surface area contributed by atoms with Crippen LogP contribution < -0.4 is 11.2 Å². The van der Waals surface area contributed by atoms with Crippen LogP contribution in [0.3, 0.4) is 0 Å². The second kappa shape index (κ2) is 10.1. The van der Waals surface area contributed by atoms with Crippen LogP contribution in [-0.2, 0) is 32.4 Å². The highest BCUT2D eigenvalue weighted by atomic mass is 31.3. The van der Waals surface area contributed by atoms with Crippen LogP contribution in [0.25, 0.3) is 10.4 Å². The van der Waals surface area contributed by atoms with Gasteiger partial charge in [-0.15, -0.1) is 0 Å². The molecule has 2 heterocycles. The molecular formula is C13H19N5O12P2. The molecule has 1 aromatic heterocycles. The summed E-state index contributed by atoms with van der Waals surface area (Å²) >= 11 is 0. The Labute approximate surface area is 178 Å². The molecule has 19 heteroatoms. The maximum absolute atomic E-state index is 12.2. The fraction of sp³-hybridized carbons (Fsp3) is 0.615. The Balaban J connectivity index is 2.26. The monoisotopic (exact) mass is 499 g/mol. The Kier molecular flexibility index (Phi) is 8.17. The smallest absolute Gasteiger partial charge is 0.467 e. The third kappa shape index (κ3) is 6.36. The molecule has 178 valence electrons. The number of methoxy groups -OCH3 is 1. The number of aromatic nitrogens is 2. The summed E-state index contributed by atoms with van der Waals surface area (Å²) in [5.74, 6) is -3.95. The molecule has 5 unspecified atom stereocenters. The lowest BCUT2D eigenvalue weighted by molar-refractivity contribution is -0.151. The number of rotatable bonds is 9. The Hall–Kier alpha value is -2.32. The fourth-order valence-corrected chi connectivity index (χ4v) is 5.01. The molecule has 5 atom stereocenters. The first kappa shape index (κ1) is 25.9. The van der Waals surface area contributed by atoms with E-state index in [2.05, 4.69) is 24.1 Å². The standard InChI is InChI=1S/C13H19N5O12P2/c1-6-4-18(13(21)15-10(6)19)9-3-7(16-17-14)8(29-9)5-28-12(11(20)27-2)31(22,23)30-32(24,25)26/h4,7-9,12H,3,5H2,1-2H3,(H,22,23)(H,15,19,21)(H2,24,25,26). The highest BCUT2D eigenvalue weighted by Crippen LogP contribution is 2.60. The predicted octanol–water partition coefficient (Wildman–Crippen LogP) is -0.378. The molecule has 2 rings (SSSR count). The van der Waals surface area contributed by atoms with Crippen molar-refractivity contribution in [1.29, 1.82) is 0 Å². The summed E-state index contributed by atoms with van der Waals surface area (Å²) in [5.41, 5.74) is 7.55. The molecule has 1 aliphatic rings. The lowest BCUT2D eigenvalue weighted by Gasteiger charge is -2.23. The van der Waals surface area contributed by atoms with Gasteiger partial charge in [-0.2, -0.15) is 0 Å². The van der Waals surface area contributed by atoms with Crippen molar-refractivity contribution < 1.29 is 47.1 Å². The van der Waals surface area contributed by atoms with Gasteiger partial charge in [0.05, 0.1) is 25.9 Å². The lowest BCUT2D eigenvalue weighted by atomic mass is 10.1. The van der Waals surface area contributed by atoms with Crippen LogP contribution in [0.2, 0.25) is 0 Å². The molecule has 0 radical (unpaired) electrons. The number of carbonyl (C=O) groups excluding carboxylic acids is 1. The number of aryl methyl sites for hydroxylation is 1. The second-order valence-corrected chi connectivity index (χ2v) is 9.69. The molecular weight excluding hydrogens is 480 g/mol. The number of hydrogen-bond donors (Lipinski definition) is 4. The highest BCUT2D eigenvalue weighted by Gasteiger charge is 2.47. The van der Waals surface area contributed by atoms with Crippen LogP contribution >= 0.6 is 15.4 Å². The van der Waals surface area contributed by atoms with E-state index in [0.717, 1.165) is 11.7 Å². The van der Waals surface area contributed by atoms with Crippen LogP contribution in [-0.4, -0.2) is 61.9 Å². The van der Waals surface area contributed by atoms with Crippen molar-refractivity contribution in [2.24, 2.45) is 5.11 Å². The maximum Gasteiger partial charge on any atom is 0.476 e. The molecule has 17 nitrogen and oxygen atoms in total. The van der Waals surface area contributed by atoms with Gasteiger partial charge in [-0.1, -0.05) is 5.11 Å². The number of nitrogens with one attached hydrogen (secondary N) is 1. The van der Waals surface area contributed by atoms with Crippen molar-refractivity contribution in [2.45, 2.75) is 37.6 Å². The van der Waals surface area contributed by atoms with E-state index in [0.29, 0.717) is 0 Å². The number of hydrogen-bond acceptors (Lipinski definition) is 10. The van der Waals surface area contributed by atoms with Crippen molar-refractivity contribution in [3.8, 4) is 0 Å². The molecule has 0 amide bonds.